The van der Waals surface area contributed by atoms with E-state index in [2.05, 4.69) is 44.1 Å². The monoisotopic (exact) mass is 455 g/mol. The Labute approximate surface area is 158 Å². The minimum absolute atomic E-state index is 0.0641. The quantitative estimate of drug-likeness (QED) is 0.606. The van der Waals surface area contributed by atoms with Crippen molar-refractivity contribution in [2.75, 3.05) is 11.9 Å². The van der Waals surface area contributed by atoms with E-state index < -0.39 is 0 Å². The highest BCUT2D eigenvalue weighted by Gasteiger charge is 2.07. The Morgan fingerprint density at radius 1 is 1.17 bits per heavy atom. The minimum Gasteiger partial charge on any atom is -0.491 e. The van der Waals surface area contributed by atoms with Crippen molar-refractivity contribution in [3.63, 3.8) is 0 Å². The SMILES string of the molecule is CCC(C)Oc1ccc(NC(=O)COc2ccc(Br)cc2Br)cc1. The predicted molar refractivity (Wildman–Crippen MR) is 103 cm³/mol. The van der Waals surface area contributed by atoms with Crippen LogP contribution in [0.1, 0.15) is 20.3 Å². The molecule has 0 saturated carbocycles. The van der Waals surface area contributed by atoms with Gasteiger partial charge in [0.05, 0.1) is 10.6 Å². The summed E-state index contributed by atoms with van der Waals surface area (Å²) in [5.74, 6) is 1.18. The average Bonchev–Trinajstić information content (AvgIpc) is 2.55. The van der Waals surface area contributed by atoms with Gasteiger partial charge in [0.25, 0.3) is 5.91 Å². The van der Waals surface area contributed by atoms with Crippen LogP contribution in [-0.2, 0) is 4.79 Å². The van der Waals surface area contributed by atoms with Gasteiger partial charge in [0.15, 0.2) is 6.61 Å². The van der Waals surface area contributed by atoms with E-state index in [9.17, 15) is 4.79 Å². The Hall–Kier alpha value is -1.53. The molecule has 0 aliphatic rings. The van der Waals surface area contributed by atoms with E-state index in [4.69, 9.17) is 9.47 Å². The molecule has 0 heterocycles. The lowest BCUT2D eigenvalue weighted by Gasteiger charge is -2.13. The molecular weight excluding hydrogens is 438 g/mol. The summed E-state index contributed by atoms with van der Waals surface area (Å²) < 4.78 is 12.9. The van der Waals surface area contributed by atoms with Crippen LogP contribution in [-0.4, -0.2) is 18.6 Å². The lowest BCUT2D eigenvalue weighted by Crippen LogP contribution is -2.20. The topological polar surface area (TPSA) is 47.6 Å². The number of amides is 1. The van der Waals surface area contributed by atoms with Crippen molar-refractivity contribution >= 4 is 43.5 Å². The zero-order valence-corrected chi connectivity index (χ0v) is 16.7. The van der Waals surface area contributed by atoms with Crippen LogP contribution in [0.2, 0.25) is 0 Å². The van der Waals surface area contributed by atoms with Crippen LogP contribution in [0, 0.1) is 0 Å². The number of nitrogens with one attached hydrogen (secondary N) is 1. The van der Waals surface area contributed by atoms with Crippen molar-refractivity contribution in [1.82, 2.24) is 0 Å². The molecule has 2 aromatic rings. The van der Waals surface area contributed by atoms with Gasteiger partial charge >= 0.3 is 0 Å². The normalized spacial score (nSPS) is 11.7. The van der Waals surface area contributed by atoms with E-state index in [0.717, 1.165) is 21.1 Å². The molecule has 6 heteroatoms. The molecule has 1 atom stereocenters. The van der Waals surface area contributed by atoms with Crippen LogP contribution in [0.4, 0.5) is 5.69 Å². The number of halogens is 2. The maximum Gasteiger partial charge on any atom is 0.262 e. The number of carbonyl (C=O) groups is 1. The fourth-order valence-electron chi connectivity index (χ4n) is 1.87. The first kappa shape index (κ1) is 18.8. The van der Waals surface area contributed by atoms with Crippen LogP contribution >= 0.6 is 31.9 Å². The highest BCUT2D eigenvalue weighted by atomic mass is 79.9. The van der Waals surface area contributed by atoms with Crippen LogP contribution in [0.25, 0.3) is 0 Å². The highest BCUT2D eigenvalue weighted by molar-refractivity contribution is 9.11. The van der Waals surface area contributed by atoms with Gasteiger partial charge in [-0.2, -0.15) is 0 Å². The summed E-state index contributed by atoms with van der Waals surface area (Å²) in [6, 6.07) is 12.8. The Balaban J connectivity index is 1.85. The van der Waals surface area contributed by atoms with Gasteiger partial charge in [-0.3, -0.25) is 4.79 Å². The van der Waals surface area contributed by atoms with Gasteiger partial charge in [0, 0.05) is 10.2 Å². The first-order chi connectivity index (χ1) is 11.5. The third-order valence-electron chi connectivity index (χ3n) is 3.30. The number of benzene rings is 2. The molecule has 0 spiro atoms. The molecular formula is C18H19Br2NO3. The van der Waals surface area contributed by atoms with Crippen LogP contribution in [0.15, 0.2) is 51.4 Å². The maximum absolute atomic E-state index is 12.0. The molecule has 0 saturated heterocycles. The van der Waals surface area contributed by atoms with Crippen LogP contribution < -0.4 is 14.8 Å². The number of carbonyl (C=O) groups excluding carboxylic acids is 1. The Kier molecular flexibility index (Phi) is 7.12. The Morgan fingerprint density at radius 2 is 1.88 bits per heavy atom. The zero-order valence-electron chi connectivity index (χ0n) is 13.5. The molecule has 4 nitrogen and oxygen atoms in total. The van der Waals surface area contributed by atoms with E-state index in [1.807, 2.05) is 43.3 Å². The molecule has 0 fully saturated rings. The van der Waals surface area contributed by atoms with Gasteiger partial charge in [-0.15, -0.1) is 0 Å². The van der Waals surface area contributed by atoms with Crippen molar-refractivity contribution in [3.8, 4) is 11.5 Å². The second-order valence-corrected chi connectivity index (χ2v) is 7.04. The molecule has 1 unspecified atom stereocenters. The van der Waals surface area contributed by atoms with Gasteiger partial charge in [-0.25, -0.2) is 0 Å². The molecule has 24 heavy (non-hydrogen) atoms. The summed E-state index contributed by atoms with van der Waals surface area (Å²) in [7, 11) is 0. The summed E-state index contributed by atoms with van der Waals surface area (Å²) in [5.41, 5.74) is 0.704. The fraction of sp³-hybridized carbons (Fsp3) is 0.278. The van der Waals surface area contributed by atoms with Gasteiger partial charge in [0.1, 0.15) is 11.5 Å². The second kappa shape index (κ2) is 9.08. The number of rotatable bonds is 7. The van der Waals surface area contributed by atoms with Gasteiger partial charge in [-0.05, 0) is 71.7 Å². The smallest absolute Gasteiger partial charge is 0.262 e. The summed E-state index contributed by atoms with van der Waals surface area (Å²) >= 11 is 6.77. The summed E-state index contributed by atoms with van der Waals surface area (Å²) in [6.07, 6.45) is 1.12. The highest BCUT2D eigenvalue weighted by Crippen LogP contribution is 2.28. The summed E-state index contributed by atoms with van der Waals surface area (Å²) in [5, 5.41) is 2.79. The van der Waals surface area contributed by atoms with E-state index in [1.165, 1.54) is 0 Å². The molecule has 0 bridgehead atoms. The first-order valence-corrected chi connectivity index (χ1v) is 9.21. The average molecular weight is 457 g/mol. The van der Waals surface area contributed by atoms with Crippen molar-refractivity contribution in [2.45, 2.75) is 26.4 Å². The molecule has 0 aliphatic heterocycles. The lowest BCUT2D eigenvalue weighted by molar-refractivity contribution is -0.118. The van der Waals surface area contributed by atoms with E-state index >= 15 is 0 Å². The molecule has 0 aliphatic carbocycles. The van der Waals surface area contributed by atoms with Crippen LogP contribution in [0.3, 0.4) is 0 Å². The standard InChI is InChI=1S/C18H19Br2NO3/c1-3-12(2)24-15-7-5-14(6-8-15)21-18(22)11-23-17-9-4-13(19)10-16(17)20/h4-10,12H,3,11H2,1-2H3,(H,21,22). The third kappa shape index (κ3) is 5.83. The van der Waals surface area contributed by atoms with Gasteiger partial charge in [-0.1, -0.05) is 22.9 Å². The minimum atomic E-state index is -0.222. The zero-order chi connectivity index (χ0) is 17.5. The number of hydrogen-bond donors (Lipinski definition) is 1. The first-order valence-electron chi connectivity index (χ1n) is 7.62. The van der Waals surface area contributed by atoms with Crippen molar-refractivity contribution in [1.29, 1.82) is 0 Å². The largest absolute Gasteiger partial charge is 0.491 e. The number of anilines is 1. The summed E-state index contributed by atoms with van der Waals surface area (Å²) in [4.78, 5) is 12.0. The van der Waals surface area contributed by atoms with E-state index in [-0.39, 0.29) is 18.6 Å². The predicted octanol–water partition coefficient (Wildman–Crippen LogP) is 5.41. The molecule has 0 radical (unpaired) electrons. The van der Waals surface area contributed by atoms with E-state index in [0.29, 0.717) is 11.4 Å². The fourth-order valence-corrected chi connectivity index (χ4v) is 3.03. The van der Waals surface area contributed by atoms with Crippen molar-refractivity contribution in [2.24, 2.45) is 0 Å². The van der Waals surface area contributed by atoms with Crippen LogP contribution in [0.5, 0.6) is 11.5 Å². The second-order valence-electron chi connectivity index (χ2n) is 5.27. The maximum atomic E-state index is 12.0. The molecule has 0 aromatic heterocycles. The summed E-state index contributed by atoms with van der Waals surface area (Å²) in [6.45, 7) is 4.03. The Bertz CT molecular complexity index is 689. The van der Waals surface area contributed by atoms with Crippen molar-refractivity contribution in [3.05, 3.63) is 51.4 Å². The number of hydrogen-bond acceptors (Lipinski definition) is 3. The van der Waals surface area contributed by atoms with Gasteiger partial charge < -0.3 is 14.8 Å². The lowest BCUT2D eigenvalue weighted by atomic mass is 10.3. The molecule has 2 rings (SSSR count). The van der Waals surface area contributed by atoms with E-state index in [1.54, 1.807) is 6.07 Å². The molecule has 1 amide bonds. The third-order valence-corrected chi connectivity index (χ3v) is 4.42. The molecule has 1 N–H and O–H groups in total. The number of ether oxygens (including phenoxy) is 2. The molecule has 128 valence electrons. The van der Waals surface area contributed by atoms with Gasteiger partial charge in [0.2, 0.25) is 0 Å². The Morgan fingerprint density at radius 3 is 2.50 bits per heavy atom. The van der Waals surface area contributed by atoms with Crippen molar-refractivity contribution < 1.29 is 14.3 Å². The molecule has 2 aromatic carbocycles.